The summed E-state index contributed by atoms with van der Waals surface area (Å²) in [4.78, 5) is 18.9. The Hall–Kier alpha value is -1.56. The number of hydrogen-bond acceptors (Lipinski definition) is 2. The van der Waals surface area contributed by atoms with Crippen molar-refractivity contribution < 1.29 is 4.79 Å². The highest BCUT2D eigenvalue weighted by Gasteiger charge is 2.14. The molecule has 96 valence electrons. The molecule has 0 aliphatic rings. The first kappa shape index (κ1) is 12.9. The molecule has 5 nitrogen and oxygen atoms in total. The molecular formula is C12H15BrN4O. The number of aromatic nitrogens is 3. The highest BCUT2D eigenvalue weighted by molar-refractivity contribution is 9.10. The molecule has 2 aromatic rings. The molecule has 0 radical (unpaired) electrons. The van der Waals surface area contributed by atoms with E-state index in [1.807, 2.05) is 30.7 Å². The SMILES string of the molecule is CC(C)n1cc(Br)cc1C(=O)NCc1cnc[nH]1. The molecule has 0 unspecified atom stereocenters. The summed E-state index contributed by atoms with van der Waals surface area (Å²) >= 11 is 3.39. The van der Waals surface area contributed by atoms with Gasteiger partial charge in [0.2, 0.25) is 0 Å². The number of aromatic amines is 1. The van der Waals surface area contributed by atoms with Crippen LogP contribution in [0, 0.1) is 0 Å². The Labute approximate surface area is 114 Å². The summed E-state index contributed by atoms with van der Waals surface area (Å²) in [6.45, 7) is 4.52. The number of imidazole rings is 1. The normalized spacial score (nSPS) is 10.9. The van der Waals surface area contributed by atoms with Crippen LogP contribution in [0.15, 0.2) is 29.3 Å². The number of amides is 1. The Kier molecular flexibility index (Phi) is 3.86. The minimum Gasteiger partial charge on any atom is -0.347 e. The molecule has 2 rings (SSSR count). The van der Waals surface area contributed by atoms with Crippen LogP contribution in [0.25, 0.3) is 0 Å². The number of nitrogens with one attached hydrogen (secondary N) is 2. The maximum absolute atomic E-state index is 12.1. The van der Waals surface area contributed by atoms with Gasteiger partial charge in [-0.1, -0.05) is 0 Å². The van der Waals surface area contributed by atoms with Crippen LogP contribution >= 0.6 is 15.9 Å². The summed E-state index contributed by atoms with van der Waals surface area (Å²) in [5, 5.41) is 2.86. The maximum Gasteiger partial charge on any atom is 0.268 e. The van der Waals surface area contributed by atoms with Gasteiger partial charge in [0.15, 0.2) is 0 Å². The van der Waals surface area contributed by atoms with E-state index in [2.05, 4.69) is 31.2 Å². The van der Waals surface area contributed by atoms with Crippen molar-refractivity contribution in [1.82, 2.24) is 19.9 Å². The van der Waals surface area contributed by atoms with Crippen LogP contribution in [0.1, 0.15) is 36.1 Å². The molecule has 0 fully saturated rings. The van der Waals surface area contributed by atoms with Gasteiger partial charge in [-0.3, -0.25) is 4.79 Å². The first-order valence-corrected chi connectivity index (χ1v) is 6.50. The molecule has 6 heteroatoms. The van der Waals surface area contributed by atoms with Gasteiger partial charge in [0.1, 0.15) is 5.69 Å². The van der Waals surface area contributed by atoms with Crippen molar-refractivity contribution in [3.05, 3.63) is 40.6 Å². The van der Waals surface area contributed by atoms with Crippen molar-refractivity contribution in [3.8, 4) is 0 Å². The van der Waals surface area contributed by atoms with Crippen molar-refractivity contribution in [2.24, 2.45) is 0 Å². The lowest BCUT2D eigenvalue weighted by atomic mass is 10.3. The van der Waals surface area contributed by atoms with Crippen LogP contribution in [0.5, 0.6) is 0 Å². The number of carbonyl (C=O) groups excluding carboxylic acids is 1. The number of nitrogens with zero attached hydrogens (tertiary/aromatic N) is 2. The van der Waals surface area contributed by atoms with E-state index in [0.717, 1.165) is 10.2 Å². The minimum atomic E-state index is -0.0935. The first-order chi connectivity index (χ1) is 8.58. The Balaban J connectivity index is 2.09. The van der Waals surface area contributed by atoms with Gasteiger partial charge >= 0.3 is 0 Å². The third-order valence-corrected chi connectivity index (χ3v) is 3.03. The molecular weight excluding hydrogens is 296 g/mol. The minimum absolute atomic E-state index is 0.0935. The molecule has 18 heavy (non-hydrogen) atoms. The Morgan fingerprint density at radius 3 is 3.00 bits per heavy atom. The standard InChI is InChI=1S/C12H15BrN4O/c1-8(2)17-6-9(13)3-11(17)12(18)15-5-10-4-14-7-16-10/h3-4,6-8H,5H2,1-2H3,(H,14,16)(H,15,18). The molecule has 2 N–H and O–H groups in total. The second kappa shape index (κ2) is 5.39. The van der Waals surface area contributed by atoms with Crippen molar-refractivity contribution in [1.29, 1.82) is 0 Å². The summed E-state index contributed by atoms with van der Waals surface area (Å²) in [6, 6.07) is 2.06. The smallest absolute Gasteiger partial charge is 0.268 e. The van der Waals surface area contributed by atoms with E-state index in [1.165, 1.54) is 0 Å². The van der Waals surface area contributed by atoms with E-state index in [0.29, 0.717) is 12.2 Å². The van der Waals surface area contributed by atoms with E-state index < -0.39 is 0 Å². The van der Waals surface area contributed by atoms with Gasteiger partial charge < -0.3 is 14.9 Å². The van der Waals surface area contributed by atoms with E-state index in [9.17, 15) is 4.79 Å². The number of rotatable bonds is 4. The van der Waals surface area contributed by atoms with E-state index >= 15 is 0 Å². The second-order valence-electron chi connectivity index (χ2n) is 4.30. The predicted octanol–water partition coefficient (Wildman–Crippen LogP) is 2.48. The largest absolute Gasteiger partial charge is 0.347 e. The molecule has 0 aromatic carbocycles. The molecule has 0 bridgehead atoms. The van der Waals surface area contributed by atoms with Crippen LogP contribution < -0.4 is 5.32 Å². The topological polar surface area (TPSA) is 62.7 Å². The maximum atomic E-state index is 12.1. The number of H-pyrrole nitrogens is 1. The van der Waals surface area contributed by atoms with Crippen LogP contribution in [-0.2, 0) is 6.54 Å². The lowest BCUT2D eigenvalue weighted by Crippen LogP contribution is -2.25. The molecule has 1 amide bonds. The predicted molar refractivity (Wildman–Crippen MR) is 72.3 cm³/mol. The van der Waals surface area contributed by atoms with Crippen molar-refractivity contribution in [3.63, 3.8) is 0 Å². The average molecular weight is 311 g/mol. The summed E-state index contributed by atoms with van der Waals surface area (Å²) in [6.07, 6.45) is 5.20. The lowest BCUT2D eigenvalue weighted by molar-refractivity contribution is 0.0939. The van der Waals surface area contributed by atoms with Crippen LogP contribution in [0.3, 0.4) is 0 Å². The Morgan fingerprint density at radius 2 is 2.39 bits per heavy atom. The van der Waals surface area contributed by atoms with Crippen LogP contribution in [0.4, 0.5) is 0 Å². The number of halogens is 1. The highest BCUT2D eigenvalue weighted by atomic mass is 79.9. The quantitative estimate of drug-likeness (QED) is 0.911. The zero-order valence-electron chi connectivity index (χ0n) is 10.3. The molecule has 2 heterocycles. The van der Waals surface area contributed by atoms with Gasteiger partial charge in [0.05, 0.1) is 18.6 Å². The van der Waals surface area contributed by atoms with Gasteiger partial charge in [-0.05, 0) is 35.8 Å². The van der Waals surface area contributed by atoms with Gasteiger partial charge in [-0.15, -0.1) is 0 Å². The average Bonchev–Trinajstić information content (AvgIpc) is 2.94. The molecule has 2 aromatic heterocycles. The van der Waals surface area contributed by atoms with Crippen molar-refractivity contribution in [2.75, 3.05) is 0 Å². The van der Waals surface area contributed by atoms with E-state index in [-0.39, 0.29) is 11.9 Å². The molecule has 0 saturated carbocycles. The Bertz CT molecular complexity index is 530. The highest BCUT2D eigenvalue weighted by Crippen LogP contribution is 2.19. The monoisotopic (exact) mass is 310 g/mol. The molecule has 0 spiro atoms. The summed E-state index contributed by atoms with van der Waals surface area (Å²) in [5.41, 5.74) is 1.53. The third kappa shape index (κ3) is 2.81. The van der Waals surface area contributed by atoms with Gasteiger partial charge in [0.25, 0.3) is 5.91 Å². The van der Waals surface area contributed by atoms with Gasteiger partial charge in [-0.2, -0.15) is 0 Å². The second-order valence-corrected chi connectivity index (χ2v) is 5.22. The van der Waals surface area contributed by atoms with E-state index in [1.54, 1.807) is 12.5 Å². The molecule has 0 saturated heterocycles. The third-order valence-electron chi connectivity index (χ3n) is 2.60. The summed E-state index contributed by atoms with van der Waals surface area (Å²) in [7, 11) is 0. The first-order valence-electron chi connectivity index (χ1n) is 5.70. The van der Waals surface area contributed by atoms with Gasteiger partial charge in [0, 0.05) is 22.9 Å². The summed E-state index contributed by atoms with van der Waals surface area (Å²) < 4.78 is 2.84. The Morgan fingerprint density at radius 1 is 1.61 bits per heavy atom. The molecule has 0 aliphatic heterocycles. The fourth-order valence-corrected chi connectivity index (χ4v) is 2.14. The van der Waals surface area contributed by atoms with Crippen molar-refractivity contribution in [2.45, 2.75) is 26.4 Å². The van der Waals surface area contributed by atoms with Crippen LogP contribution in [-0.4, -0.2) is 20.4 Å². The number of carbonyl (C=O) groups is 1. The fourth-order valence-electron chi connectivity index (χ4n) is 1.70. The zero-order valence-corrected chi connectivity index (χ0v) is 11.9. The molecule has 0 atom stereocenters. The zero-order chi connectivity index (χ0) is 13.1. The molecule has 0 aliphatic carbocycles. The summed E-state index contributed by atoms with van der Waals surface area (Å²) in [5.74, 6) is -0.0935. The van der Waals surface area contributed by atoms with Crippen molar-refractivity contribution >= 4 is 21.8 Å². The lowest BCUT2D eigenvalue weighted by Gasteiger charge is -2.12. The van der Waals surface area contributed by atoms with Crippen LogP contribution in [0.2, 0.25) is 0 Å². The fraction of sp³-hybridized carbons (Fsp3) is 0.333. The van der Waals surface area contributed by atoms with Gasteiger partial charge in [-0.25, -0.2) is 4.98 Å². The number of hydrogen-bond donors (Lipinski definition) is 2. The van der Waals surface area contributed by atoms with E-state index in [4.69, 9.17) is 0 Å².